The molecule has 4 rings (SSSR count). The third-order valence-corrected chi connectivity index (χ3v) is 4.98. The smallest absolute Gasteiger partial charge is 0.108 e. The lowest BCUT2D eigenvalue weighted by molar-refractivity contribution is 0.480. The first kappa shape index (κ1) is 15.6. The molecule has 0 fully saturated rings. The van der Waals surface area contributed by atoms with Gasteiger partial charge in [0.1, 0.15) is 3.55 Å². The van der Waals surface area contributed by atoms with Crippen LogP contribution in [-0.4, -0.2) is 15.0 Å². The largest absolute Gasteiger partial charge is 0.284 e. The lowest BCUT2D eigenvalue weighted by Gasteiger charge is -2.19. The summed E-state index contributed by atoms with van der Waals surface area (Å²) in [5, 5.41) is 14.1. The molecule has 2 aromatic rings. The summed E-state index contributed by atoms with van der Waals surface area (Å²) >= 11 is 2.47. The molecule has 24 heavy (non-hydrogen) atoms. The third-order valence-electron chi connectivity index (χ3n) is 4.49. The van der Waals surface area contributed by atoms with Crippen molar-refractivity contribution in [3.8, 4) is 0 Å². The Labute approximate surface area is 154 Å². The predicted molar refractivity (Wildman–Crippen MR) is 109 cm³/mol. The highest BCUT2D eigenvalue weighted by Crippen LogP contribution is 2.28. The number of hydrogen-bond acceptors (Lipinski definition) is 0. The molecule has 2 aromatic carbocycles. The summed E-state index contributed by atoms with van der Waals surface area (Å²) in [5.74, 6) is 0. The number of hydrogen-bond donors (Lipinski definition) is 2. The van der Waals surface area contributed by atoms with E-state index < -0.39 is 0 Å². The van der Waals surface area contributed by atoms with Gasteiger partial charge in [-0.15, -0.1) is 0 Å². The van der Waals surface area contributed by atoms with Gasteiger partial charge in [-0.05, 0) is 37.1 Å². The Morgan fingerprint density at radius 2 is 1.54 bits per heavy atom. The summed E-state index contributed by atoms with van der Waals surface area (Å²) in [5.41, 5.74) is 1.28. The van der Waals surface area contributed by atoms with E-state index in [9.17, 15) is 0 Å². The molecule has 0 saturated heterocycles. The first-order chi connectivity index (χ1) is 11.5. The SMILES string of the molecule is Cc1cc2ccccc2c2n(C(C)(C)I)[nH][nH]c=2c2ccccc12. The van der Waals surface area contributed by atoms with Crippen LogP contribution in [0.25, 0.3) is 21.5 Å². The number of nitrogens with zero attached hydrogens (tertiary/aromatic N) is 1. The van der Waals surface area contributed by atoms with Gasteiger partial charge >= 0.3 is 0 Å². The number of H-pyrrole nitrogens is 2. The number of benzene rings is 2. The van der Waals surface area contributed by atoms with Gasteiger partial charge in [-0.2, -0.15) is 0 Å². The molecule has 1 heterocycles. The van der Waals surface area contributed by atoms with E-state index in [0.29, 0.717) is 0 Å². The number of halogens is 1. The maximum Gasteiger partial charge on any atom is 0.108 e. The highest BCUT2D eigenvalue weighted by Gasteiger charge is 2.18. The quantitative estimate of drug-likeness (QED) is 0.286. The third kappa shape index (κ3) is 2.40. The van der Waals surface area contributed by atoms with Crippen molar-refractivity contribution in [1.29, 1.82) is 0 Å². The first-order valence-electron chi connectivity index (χ1n) is 8.09. The number of rotatable bonds is 1. The molecular formula is C20H20IN3. The Hall–Kier alpha value is -1.95. The maximum absolute atomic E-state index is 3.42. The van der Waals surface area contributed by atoms with E-state index in [4.69, 9.17) is 0 Å². The molecule has 0 unspecified atom stereocenters. The summed E-state index contributed by atoms with van der Waals surface area (Å²) in [6, 6.07) is 19.5. The molecule has 2 N–H and O–H groups in total. The zero-order chi connectivity index (χ0) is 16.9. The van der Waals surface area contributed by atoms with Gasteiger partial charge in [-0.25, -0.2) is 5.21 Å². The fourth-order valence-corrected chi connectivity index (χ4v) is 3.74. The van der Waals surface area contributed by atoms with Crippen LogP contribution in [0.1, 0.15) is 19.4 Å². The van der Waals surface area contributed by atoms with Crippen molar-refractivity contribution in [2.45, 2.75) is 24.3 Å². The second-order valence-corrected chi connectivity index (χ2v) is 9.31. The lowest BCUT2D eigenvalue weighted by atomic mass is 10.0. The normalized spacial score (nSPS) is 12.2. The van der Waals surface area contributed by atoms with Crippen molar-refractivity contribution in [3.05, 3.63) is 70.9 Å². The Morgan fingerprint density at radius 3 is 2.25 bits per heavy atom. The molecule has 1 aliphatic heterocycles. The minimum atomic E-state index is -0.0815. The van der Waals surface area contributed by atoms with Crippen molar-refractivity contribution >= 4 is 44.1 Å². The van der Waals surface area contributed by atoms with Gasteiger partial charge in [0, 0.05) is 10.8 Å². The monoisotopic (exact) mass is 429 g/mol. The molecule has 0 radical (unpaired) electrons. The van der Waals surface area contributed by atoms with Gasteiger partial charge in [0.05, 0.1) is 10.7 Å². The predicted octanol–water partition coefficient (Wildman–Crippen LogP) is 5.74. The Balaban J connectivity index is 2.46. The molecule has 3 nitrogen and oxygen atoms in total. The molecular weight excluding hydrogens is 409 g/mol. The highest BCUT2D eigenvalue weighted by molar-refractivity contribution is 14.1. The summed E-state index contributed by atoms with van der Waals surface area (Å²) in [4.78, 5) is 0. The molecule has 4 heteroatoms. The van der Waals surface area contributed by atoms with Gasteiger partial charge in [0.15, 0.2) is 0 Å². The van der Waals surface area contributed by atoms with E-state index in [0.717, 1.165) is 5.35 Å². The zero-order valence-electron chi connectivity index (χ0n) is 14.0. The van der Waals surface area contributed by atoms with Crippen LogP contribution in [0.2, 0.25) is 0 Å². The van der Waals surface area contributed by atoms with Crippen molar-refractivity contribution in [2.24, 2.45) is 0 Å². The molecule has 1 aliphatic carbocycles. The Morgan fingerprint density at radius 1 is 0.917 bits per heavy atom. The van der Waals surface area contributed by atoms with Crippen LogP contribution in [-0.2, 0) is 3.55 Å². The molecule has 0 bridgehead atoms. The van der Waals surface area contributed by atoms with Crippen LogP contribution >= 0.6 is 22.6 Å². The second-order valence-electron chi connectivity index (χ2n) is 6.67. The summed E-state index contributed by atoms with van der Waals surface area (Å²) in [6.07, 6.45) is 0. The fraction of sp³-hybridized carbons (Fsp3) is 0.200. The number of aromatic amines is 2. The van der Waals surface area contributed by atoms with Crippen molar-refractivity contribution in [2.75, 3.05) is 0 Å². The average Bonchev–Trinajstić information content (AvgIpc) is 2.99. The van der Waals surface area contributed by atoms with Crippen LogP contribution < -0.4 is 0 Å². The van der Waals surface area contributed by atoms with E-state index in [1.54, 1.807) is 0 Å². The lowest BCUT2D eigenvalue weighted by Crippen LogP contribution is -2.20. The Bertz CT molecular complexity index is 1150. The van der Waals surface area contributed by atoms with E-state index in [-0.39, 0.29) is 3.55 Å². The van der Waals surface area contributed by atoms with E-state index >= 15 is 0 Å². The number of fused-ring (bicyclic) bond motifs is 4. The number of aryl methyl sites for hydroxylation is 1. The fourth-order valence-electron chi connectivity index (χ4n) is 3.38. The van der Waals surface area contributed by atoms with Gasteiger partial charge in [0.25, 0.3) is 0 Å². The van der Waals surface area contributed by atoms with Crippen LogP contribution in [0.5, 0.6) is 0 Å². The number of alkyl halides is 1. The molecule has 2 aliphatic rings. The number of aromatic nitrogens is 3. The molecule has 122 valence electrons. The van der Waals surface area contributed by atoms with E-state index in [2.05, 4.69) is 113 Å². The highest BCUT2D eigenvalue weighted by atomic mass is 127. The summed E-state index contributed by atoms with van der Waals surface area (Å²) < 4.78 is 2.13. The van der Waals surface area contributed by atoms with Gasteiger partial charge in [0.2, 0.25) is 0 Å². The van der Waals surface area contributed by atoms with Crippen LogP contribution in [0.4, 0.5) is 0 Å². The second kappa shape index (κ2) is 5.55. The standard InChI is InChI=1S/C20H20IN3/c1-13-12-14-8-4-5-10-16(14)19-18(17-11-7-6-9-15(13)17)22-23-24(19)20(2,3)21/h4-12,22-23H,1-3H3. The average molecular weight is 429 g/mol. The topological polar surface area (TPSA) is 36.5 Å². The summed E-state index contributed by atoms with van der Waals surface area (Å²) in [7, 11) is 0. The number of nitrogens with one attached hydrogen (secondary N) is 2. The van der Waals surface area contributed by atoms with E-state index in [1.165, 1.54) is 32.5 Å². The van der Waals surface area contributed by atoms with Crippen molar-refractivity contribution in [1.82, 2.24) is 15.0 Å². The van der Waals surface area contributed by atoms with Gasteiger partial charge < -0.3 is 0 Å². The Kier molecular flexibility index (Phi) is 3.60. The minimum Gasteiger partial charge on any atom is -0.284 e. The van der Waals surface area contributed by atoms with Crippen molar-refractivity contribution < 1.29 is 0 Å². The van der Waals surface area contributed by atoms with Crippen molar-refractivity contribution in [3.63, 3.8) is 0 Å². The van der Waals surface area contributed by atoms with Crippen LogP contribution in [0.3, 0.4) is 0 Å². The zero-order valence-corrected chi connectivity index (χ0v) is 16.2. The van der Waals surface area contributed by atoms with E-state index in [1.807, 2.05) is 0 Å². The van der Waals surface area contributed by atoms with Crippen LogP contribution in [0.15, 0.2) is 54.6 Å². The minimum absolute atomic E-state index is 0.0815. The molecule has 0 spiro atoms. The molecule has 0 aromatic heterocycles. The molecule has 0 amide bonds. The maximum atomic E-state index is 3.42. The van der Waals surface area contributed by atoms with Crippen LogP contribution in [0, 0.1) is 17.6 Å². The first-order valence-corrected chi connectivity index (χ1v) is 9.17. The van der Waals surface area contributed by atoms with Gasteiger partial charge in [-0.3, -0.25) is 9.78 Å². The van der Waals surface area contributed by atoms with Gasteiger partial charge in [-0.1, -0.05) is 77.2 Å². The summed E-state index contributed by atoms with van der Waals surface area (Å²) in [6.45, 7) is 6.59. The molecule has 0 saturated carbocycles. The molecule has 0 atom stereocenters.